The fourth-order valence-electron chi connectivity index (χ4n) is 3.39. The number of fused-ring (bicyclic) bond motifs is 2. The lowest BCUT2D eigenvalue weighted by molar-refractivity contribution is 0.347. The van der Waals surface area contributed by atoms with Gasteiger partial charge in [0, 0.05) is 30.0 Å². The second-order valence-corrected chi connectivity index (χ2v) is 9.97. The summed E-state index contributed by atoms with van der Waals surface area (Å²) in [5.74, 6) is 0.849. The minimum absolute atomic E-state index is 0.0187. The maximum atomic E-state index is 12.9. The zero-order valence-electron chi connectivity index (χ0n) is 12.4. The molecule has 1 fully saturated rings. The lowest BCUT2D eigenvalue weighted by atomic mass is 10.1. The van der Waals surface area contributed by atoms with Crippen molar-refractivity contribution >= 4 is 19.9 Å². The average molecular weight is 359 g/mol. The smallest absolute Gasteiger partial charge is 0.244 e. The van der Waals surface area contributed by atoms with Gasteiger partial charge >= 0.3 is 0 Å². The van der Waals surface area contributed by atoms with Gasteiger partial charge in [-0.05, 0) is 12.5 Å². The Kier molecular flexibility index (Phi) is 3.37. The van der Waals surface area contributed by atoms with Crippen molar-refractivity contribution in [2.45, 2.75) is 30.2 Å². The van der Waals surface area contributed by atoms with Crippen LogP contribution in [0.5, 0.6) is 11.5 Å². The van der Waals surface area contributed by atoms with E-state index >= 15 is 0 Å². The highest BCUT2D eigenvalue weighted by atomic mass is 32.2. The van der Waals surface area contributed by atoms with E-state index in [1.807, 2.05) is 6.07 Å². The predicted molar refractivity (Wildman–Crippen MR) is 82.2 cm³/mol. The molecule has 3 heterocycles. The number of benzene rings is 1. The molecular formula is C14H17NO6S2. The third-order valence-electron chi connectivity index (χ3n) is 4.43. The standard InChI is InChI=1S/C14H17NO6S2/c16-22(17)6-3-10(8-22)15-23(18,19)14-11-2-5-20-12(11)7-9-1-4-21-13(9)14/h7,10,15H,1-6,8H2. The summed E-state index contributed by atoms with van der Waals surface area (Å²) in [5.41, 5.74) is 1.45. The number of hydrogen-bond acceptors (Lipinski definition) is 6. The van der Waals surface area contributed by atoms with Gasteiger partial charge in [0.15, 0.2) is 9.84 Å². The molecule has 0 bridgehead atoms. The van der Waals surface area contributed by atoms with Gasteiger partial charge in [0.25, 0.3) is 0 Å². The van der Waals surface area contributed by atoms with E-state index in [0.29, 0.717) is 49.5 Å². The highest BCUT2D eigenvalue weighted by Crippen LogP contribution is 2.43. The van der Waals surface area contributed by atoms with E-state index in [9.17, 15) is 16.8 Å². The van der Waals surface area contributed by atoms with Crippen LogP contribution in [0, 0.1) is 0 Å². The van der Waals surface area contributed by atoms with Crippen molar-refractivity contribution in [2.75, 3.05) is 24.7 Å². The SMILES string of the molecule is O=S1(=O)CCC(NS(=O)(=O)c2c3c(cc4c2OCC4)OCC3)C1. The third kappa shape index (κ3) is 2.60. The molecule has 1 atom stereocenters. The van der Waals surface area contributed by atoms with Crippen LogP contribution in [0.3, 0.4) is 0 Å². The molecule has 0 saturated carbocycles. The van der Waals surface area contributed by atoms with Crippen LogP contribution in [0.15, 0.2) is 11.0 Å². The minimum atomic E-state index is -3.86. The Hall–Kier alpha value is -1.32. The van der Waals surface area contributed by atoms with Crippen LogP contribution in [0.4, 0.5) is 0 Å². The van der Waals surface area contributed by atoms with Gasteiger partial charge in [-0.2, -0.15) is 0 Å². The topological polar surface area (TPSA) is 98.8 Å². The largest absolute Gasteiger partial charge is 0.493 e. The van der Waals surface area contributed by atoms with Gasteiger partial charge in [-0.1, -0.05) is 0 Å². The van der Waals surface area contributed by atoms with Gasteiger partial charge in [0.1, 0.15) is 16.4 Å². The molecule has 0 amide bonds. The van der Waals surface area contributed by atoms with Crippen molar-refractivity contribution in [1.29, 1.82) is 0 Å². The van der Waals surface area contributed by atoms with E-state index in [4.69, 9.17) is 9.47 Å². The first-order valence-electron chi connectivity index (χ1n) is 7.53. The summed E-state index contributed by atoms with van der Waals surface area (Å²) < 4.78 is 62.5. The lowest BCUT2D eigenvalue weighted by Crippen LogP contribution is -2.36. The summed E-state index contributed by atoms with van der Waals surface area (Å²) in [4.78, 5) is 0.129. The summed E-state index contributed by atoms with van der Waals surface area (Å²) >= 11 is 0. The first-order chi connectivity index (χ1) is 10.9. The number of ether oxygens (including phenoxy) is 2. The molecule has 4 rings (SSSR count). The Morgan fingerprint density at radius 1 is 1.17 bits per heavy atom. The normalized spacial score (nSPS) is 24.8. The van der Waals surface area contributed by atoms with Crippen molar-refractivity contribution in [3.05, 3.63) is 17.2 Å². The molecule has 0 aromatic heterocycles. The monoisotopic (exact) mass is 359 g/mol. The van der Waals surface area contributed by atoms with Crippen LogP contribution >= 0.6 is 0 Å². The van der Waals surface area contributed by atoms with Gasteiger partial charge in [-0.25, -0.2) is 21.6 Å². The lowest BCUT2D eigenvalue weighted by Gasteiger charge is -2.16. The maximum absolute atomic E-state index is 12.9. The third-order valence-corrected chi connectivity index (χ3v) is 7.81. The molecule has 1 N–H and O–H groups in total. The molecule has 126 valence electrons. The molecule has 0 radical (unpaired) electrons. The van der Waals surface area contributed by atoms with Crippen molar-refractivity contribution in [1.82, 2.24) is 4.72 Å². The van der Waals surface area contributed by atoms with E-state index in [0.717, 1.165) is 5.56 Å². The maximum Gasteiger partial charge on any atom is 0.244 e. The summed E-state index contributed by atoms with van der Waals surface area (Å²) in [6, 6.07) is 1.27. The van der Waals surface area contributed by atoms with Crippen LogP contribution in [0.25, 0.3) is 0 Å². The van der Waals surface area contributed by atoms with Crippen molar-refractivity contribution in [3.63, 3.8) is 0 Å². The quantitative estimate of drug-likeness (QED) is 0.817. The Balaban J connectivity index is 1.75. The molecule has 0 spiro atoms. The first-order valence-corrected chi connectivity index (χ1v) is 10.8. The average Bonchev–Trinajstić information content (AvgIpc) is 3.14. The zero-order chi connectivity index (χ0) is 16.2. The Bertz CT molecular complexity index is 843. The Labute approximate surface area is 134 Å². The van der Waals surface area contributed by atoms with E-state index < -0.39 is 25.9 Å². The van der Waals surface area contributed by atoms with Gasteiger partial charge in [0.2, 0.25) is 10.0 Å². The fraction of sp³-hybridized carbons (Fsp3) is 0.571. The van der Waals surface area contributed by atoms with Gasteiger partial charge in [0.05, 0.1) is 24.7 Å². The molecule has 7 nitrogen and oxygen atoms in total. The molecule has 9 heteroatoms. The molecule has 3 aliphatic rings. The molecule has 3 aliphatic heterocycles. The number of hydrogen-bond donors (Lipinski definition) is 1. The second-order valence-electron chi connectivity index (χ2n) is 6.09. The van der Waals surface area contributed by atoms with Gasteiger partial charge < -0.3 is 9.47 Å². The first kappa shape index (κ1) is 15.2. The van der Waals surface area contributed by atoms with Crippen LogP contribution in [-0.2, 0) is 32.7 Å². The number of sulfone groups is 1. The minimum Gasteiger partial charge on any atom is -0.493 e. The van der Waals surface area contributed by atoms with E-state index in [2.05, 4.69) is 4.72 Å². The van der Waals surface area contributed by atoms with Crippen LogP contribution < -0.4 is 14.2 Å². The number of nitrogens with one attached hydrogen (secondary N) is 1. The summed E-state index contributed by atoms with van der Waals surface area (Å²) in [6.07, 6.45) is 1.45. The Morgan fingerprint density at radius 2 is 1.96 bits per heavy atom. The number of sulfonamides is 1. The van der Waals surface area contributed by atoms with Crippen LogP contribution in [0.2, 0.25) is 0 Å². The molecular weight excluding hydrogens is 342 g/mol. The van der Waals surface area contributed by atoms with Gasteiger partial charge in [-0.3, -0.25) is 0 Å². The van der Waals surface area contributed by atoms with Crippen molar-refractivity contribution in [3.8, 4) is 11.5 Å². The van der Waals surface area contributed by atoms with Crippen LogP contribution in [0.1, 0.15) is 17.5 Å². The second kappa shape index (κ2) is 5.09. The highest BCUT2D eigenvalue weighted by Gasteiger charge is 2.37. The van der Waals surface area contributed by atoms with Gasteiger partial charge in [-0.15, -0.1) is 0 Å². The van der Waals surface area contributed by atoms with E-state index in [1.165, 1.54) is 0 Å². The highest BCUT2D eigenvalue weighted by molar-refractivity contribution is 7.92. The molecule has 1 aromatic rings. The van der Waals surface area contributed by atoms with E-state index in [1.54, 1.807) is 0 Å². The van der Waals surface area contributed by atoms with Crippen LogP contribution in [-0.4, -0.2) is 47.6 Å². The molecule has 1 saturated heterocycles. The summed E-state index contributed by atoms with van der Waals surface area (Å²) in [6.45, 7) is 0.886. The van der Waals surface area contributed by atoms with Crippen molar-refractivity contribution in [2.24, 2.45) is 0 Å². The fourth-order valence-corrected chi connectivity index (χ4v) is 6.89. The Morgan fingerprint density at radius 3 is 2.70 bits per heavy atom. The predicted octanol–water partition coefficient (Wildman–Crippen LogP) is 0.0218. The zero-order valence-corrected chi connectivity index (χ0v) is 14.0. The molecule has 0 aliphatic carbocycles. The van der Waals surface area contributed by atoms with E-state index in [-0.39, 0.29) is 16.4 Å². The molecule has 1 aromatic carbocycles. The van der Waals surface area contributed by atoms with Crippen molar-refractivity contribution < 1.29 is 26.3 Å². The molecule has 1 unspecified atom stereocenters. The molecule has 23 heavy (non-hydrogen) atoms. The summed E-state index contributed by atoms with van der Waals surface area (Å²) in [5, 5.41) is 0. The summed E-state index contributed by atoms with van der Waals surface area (Å²) in [7, 11) is -7.02. The number of rotatable bonds is 3.